The molecule has 2 bridgehead atoms. The highest BCUT2D eigenvalue weighted by molar-refractivity contribution is 5.98. The van der Waals surface area contributed by atoms with E-state index in [1.807, 2.05) is 35.2 Å². The summed E-state index contributed by atoms with van der Waals surface area (Å²) >= 11 is 0. The van der Waals surface area contributed by atoms with Gasteiger partial charge in [0.15, 0.2) is 11.5 Å². The molecule has 120 valence electrons. The van der Waals surface area contributed by atoms with Crippen LogP contribution in [0.5, 0.6) is 0 Å². The lowest BCUT2D eigenvalue weighted by Gasteiger charge is -2.41. The van der Waals surface area contributed by atoms with Gasteiger partial charge in [-0.05, 0) is 12.0 Å². The molecule has 0 aromatic heterocycles. The summed E-state index contributed by atoms with van der Waals surface area (Å²) < 4.78 is 6.40. The minimum atomic E-state index is -0.589. The number of Topliss-reactive ketones (excluding diaryl/α,β-unsaturated/α-hetero) is 1. The molecule has 23 heavy (non-hydrogen) atoms. The van der Waals surface area contributed by atoms with Gasteiger partial charge < -0.3 is 9.64 Å². The second kappa shape index (κ2) is 4.23. The van der Waals surface area contributed by atoms with E-state index < -0.39 is 5.72 Å². The summed E-state index contributed by atoms with van der Waals surface area (Å²) in [4.78, 5) is 27.6. The third-order valence-electron chi connectivity index (χ3n) is 6.62. The van der Waals surface area contributed by atoms with E-state index >= 15 is 0 Å². The third-order valence-corrected chi connectivity index (χ3v) is 6.62. The van der Waals surface area contributed by atoms with Gasteiger partial charge in [-0.3, -0.25) is 9.59 Å². The largest absolute Gasteiger partial charge is 0.344 e. The predicted molar refractivity (Wildman–Crippen MR) is 83.0 cm³/mol. The second-order valence-corrected chi connectivity index (χ2v) is 7.81. The number of carbonyl (C=O) groups is 2. The standard InChI is InChI=1S/C19H21NO3/c1-10(2)19-15-13-8-12(16(21)17(13)23-19)14(15)18(22)20(19)9-11-6-4-3-5-7-11/h3-7,10,12-15,17H,8-9H2,1-2H3. The molecule has 4 heteroatoms. The molecule has 1 aromatic carbocycles. The van der Waals surface area contributed by atoms with Crippen molar-refractivity contribution >= 4 is 11.7 Å². The first-order valence-corrected chi connectivity index (χ1v) is 8.62. The van der Waals surface area contributed by atoms with Crippen LogP contribution < -0.4 is 0 Å². The quantitative estimate of drug-likeness (QED) is 0.860. The van der Waals surface area contributed by atoms with Gasteiger partial charge in [0, 0.05) is 30.2 Å². The summed E-state index contributed by atoms with van der Waals surface area (Å²) in [5.74, 6) is 0.720. The van der Waals surface area contributed by atoms with Crippen molar-refractivity contribution in [1.82, 2.24) is 4.90 Å². The van der Waals surface area contributed by atoms with Crippen LogP contribution in [0.3, 0.4) is 0 Å². The molecule has 0 spiro atoms. The zero-order valence-corrected chi connectivity index (χ0v) is 13.4. The SMILES string of the molecule is CC(C)C12OC3C(=O)C4CC3C1C4C(=O)N2Cc1ccccc1. The highest BCUT2D eigenvalue weighted by Gasteiger charge is 2.79. The number of rotatable bonds is 3. The van der Waals surface area contributed by atoms with Crippen LogP contribution in [0.25, 0.3) is 0 Å². The van der Waals surface area contributed by atoms with E-state index in [1.54, 1.807) is 0 Å². The minimum absolute atomic E-state index is 0.0936. The Bertz CT molecular complexity index is 700. The van der Waals surface area contributed by atoms with Crippen LogP contribution in [0.1, 0.15) is 25.8 Å². The molecule has 2 heterocycles. The third kappa shape index (κ3) is 1.42. The van der Waals surface area contributed by atoms with Crippen LogP contribution in [-0.4, -0.2) is 28.4 Å². The maximum Gasteiger partial charge on any atom is 0.229 e. The van der Waals surface area contributed by atoms with Gasteiger partial charge in [0.25, 0.3) is 0 Å². The smallest absolute Gasteiger partial charge is 0.229 e. The number of hydrogen-bond donors (Lipinski definition) is 0. The number of ether oxygens (including phenoxy) is 1. The molecule has 2 aliphatic heterocycles. The van der Waals surface area contributed by atoms with Crippen molar-refractivity contribution in [3.8, 4) is 0 Å². The van der Waals surface area contributed by atoms with E-state index in [0.717, 1.165) is 12.0 Å². The van der Waals surface area contributed by atoms with Crippen molar-refractivity contribution < 1.29 is 14.3 Å². The Kier molecular flexibility index (Phi) is 2.53. The van der Waals surface area contributed by atoms with E-state index in [2.05, 4.69) is 13.8 Å². The zero-order valence-electron chi connectivity index (χ0n) is 13.4. The molecular weight excluding hydrogens is 290 g/mol. The number of hydrogen-bond acceptors (Lipinski definition) is 3. The summed E-state index contributed by atoms with van der Waals surface area (Å²) in [6.07, 6.45) is 0.591. The summed E-state index contributed by atoms with van der Waals surface area (Å²) in [7, 11) is 0. The molecule has 4 fully saturated rings. The van der Waals surface area contributed by atoms with Gasteiger partial charge in [-0.25, -0.2) is 0 Å². The lowest BCUT2D eigenvalue weighted by atomic mass is 9.75. The number of benzene rings is 1. The summed E-state index contributed by atoms with van der Waals surface area (Å²) in [5.41, 5.74) is 0.529. The normalized spacial score (nSPS) is 43.3. The van der Waals surface area contributed by atoms with Gasteiger partial charge in [0.05, 0.1) is 5.92 Å². The van der Waals surface area contributed by atoms with Crippen molar-refractivity contribution in [3.05, 3.63) is 35.9 Å². The Labute approximate surface area is 135 Å². The van der Waals surface area contributed by atoms with Crippen LogP contribution in [0.4, 0.5) is 0 Å². The second-order valence-electron chi connectivity index (χ2n) is 7.81. The molecule has 2 aliphatic carbocycles. The van der Waals surface area contributed by atoms with E-state index in [1.165, 1.54) is 0 Å². The number of amides is 1. The van der Waals surface area contributed by atoms with Gasteiger partial charge in [0.1, 0.15) is 6.10 Å². The highest BCUT2D eigenvalue weighted by Crippen LogP contribution is 2.68. The first-order chi connectivity index (χ1) is 11.1. The molecule has 4 aliphatic rings. The Hall–Kier alpha value is -1.68. The Balaban J connectivity index is 1.61. The van der Waals surface area contributed by atoms with E-state index in [4.69, 9.17) is 4.74 Å². The maximum atomic E-state index is 13.2. The molecule has 0 radical (unpaired) electrons. The van der Waals surface area contributed by atoms with Crippen LogP contribution in [0, 0.1) is 29.6 Å². The summed E-state index contributed by atoms with van der Waals surface area (Å²) in [5, 5.41) is 0. The van der Waals surface area contributed by atoms with Gasteiger partial charge in [0.2, 0.25) is 5.91 Å². The van der Waals surface area contributed by atoms with Gasteiger partial charge in [-0.1, -0.05) is 44.2 Å². The van der Waals surface area contributed by atoms with Gasteiger partial charge in [-0.15, -0.1) is 0 Å². The summed E-state index contributed by atoms with van der Waals surface area (Å²) in [6.45, 7) is 4.82. The fraction of sp³-hybridized carbons (Fsp3) is 0.579. The van der Waals surface area contributed by atoms with Gasteiger partial charge in [-0.2, -0.15) is 0 Å². The van der Waals surface area contributed by atoms with E-state index in [0.29, 0.717) is 6.54 Å². The number of fused-ring (bicyclic) bond motifs is 2. The average Bonchev–Trinajstić information content (AvgIpc) is 3.20. The van der Waals surface area contributed by atoms with Gasteiger partial charge >= 0.3 is 0 Å². The van der Waals surface area contributed by atoms with E-state index in [9.17, 15) is 9.59 Å². The Morgan fingerprint density at radius 1 is 1.26 bits per heavy atom. The Morgan fingerprint density at radius 3 is 2.70 bits per heavy atom. The highest BCUT2D eigenvalue weighted by atomic mass is 16.5. The molecule has 0 N–H and O–H groups in total. The predicted octanol–water partition coefficient (Wildman–Crippen LogP) is 2.23. The number of nitrogens with zero attached hydrogens (tertiary/aromatic N) is 1. The maximum absolute atomic E-state index is 13.2. The van der Waals surface area contributed by atoms with Crippen molar-refractivity contribution in [2.75, 3.05) is 0 Å². The molecule has 2 saturated heterocycles. The number of ketones is 1. The first kappa shape index (κ1) is 13.7. The van der Waals surface area contributed by atoms with Crippen LogP contribution in [-0.2, 0) is 20.9 Å². The van der Waals surface area contributed by atoms with Crippen molar-refractivity contribution in [2.24, 2.45) is 29.6 Å². The minimum Gasteiger partial charge on any atom is -0.344 e. The van der Waals surface area contributed by atoms with Crippen LogP contribution in [0.15, 0.2) is 30.3 Å². The van der Waals surface area contributed by atoms with Crippen LogP contribution in [0.2, 0.25) is 0 Å². The fourth-order valence-corrected chi connectivity index (χ4v) is 5.84. The topological polar surface area (TPSA) is 46.6 Å². The Morgan fingerprint density at radius 2 is 2.00 bits per heavy atom. The lowest BCUT2D eigenvalue weighted by molar-refractivity contribution is -0.185. The summed E-state index contributed by atoms with van der Waals surface area (Å²) in [6, 6.07) is 10.1. The molecule has 2 saturated carbocycles. The molecule has 6 atom stereocenters. The van der Waals surface area contributed by atoms with Crippen LogP contribution >= 0.6 is 0 Å². The molecule has 4 nitrogen and oxygen atoms in total. The molecule has 1 aromatic rings. The molecule has 5 rings (SSSR count). The zero-order chi connectivity index (χ0) is 15.9. The first-order valence-electron chi connectivity index (χ1n) is 8.62. The van der Waals surface area contributed by atoms with Crippen molar-refractivity contribution in [3.63, 3.8) is 0 Å². The van der Waals surface area contributed by atoms with Crippen molar-refractivity contribution in [1.29, 1.82) is 0 Å². The number of carbonyl (C=O) groups excluding carboxylic acids is 2. The fourth-order valence-electron chi connectivity index (χ4n) is 5.84. The van der Waals surface area contributed by atoms with E-state index in [-0.39, 0.29) is 47.4 Å². The lowest BCUT2D eigenvalue weighted by Crippen LogP contribution is -2.53. The molecule has 6 unspecified atom stereocenters. The van der Waals surface area contributed by atoms with Crippen molar-refractivity contribution in [2.45, 2.75) is 38.6 Å². The molecular formula is C19H21NO3. The molecule has 1 amide bonds. The monoisotopic (exact) mass is 311 g/mol. The number of likely N-dealkylation sites (tertiary alicyclic amines) is 1. The average molecular weight is 311 g/mol.